The fourth-order valence-electron chi connectivity index (χ4n) is 4.32. The quantitative estimate of drug-likeness (QED) is 0.731. The molecule has 4 rings (SSSR count). The Kier molecular flexibility index (Phi) is 6.30. The number of carbonyl (C=O) groups is 2. The Morgan fingerprint density at radius 1 is 1.19 bits per heavy atom. The minimum atomic E-state index is -0.574. The van der Waals surface area contributed by atoms with Crippen LogP contribution in [0.15, 0.2) is 42.5 Å². The number of hydrogen-bond donors (Lipinski definition) is 1. The van der Waals surface area contributed by atoms with E-state index in [9.17, 15) is 9.59 Å². The maximum Gasteiger partial charge on any atom is 0.260 e. The molecule has 1 heterocycles. The van der Waals surface area contributed by atoms with Crippen LogP contribution in [-0.4, -0.2) is 35.9 Å². The van der Waals surface area contributed by atoms with Gasteiger partial charge in [-0.1, -0.05) is 42.8 Å². The maximum atomic E-state index is 13.1. The van der Waals surface area contributed by atoms with Crippen LogP contribution in [0.4, 0.5) is 0 Å². The summed E-state index contributed by atoms with van der Waals surface area (Å²) in [7, 11) is 0. The number of rotatable bonds is 7. The molecule has 2 amide bonds. The first-order valence-corrected chi connectivity index (χ1v) is 11.4. The SMILES string of the molecule is CCCNC(=O)[C@@H](C)Oc1ccc2c(c1)[C@H](c1cccc(C)c1)N(C(=O)C1CC1)CC2. The molecule has 1 fully saturated rings. The molecule has 0 radical (unpaired) electrons. The van der Waals surface area contributed by atoms with Gasteiger partial charge in [-0.3, -0.25) is 9.59 Å². The van der Waals surface area contributed by atoms with Crippen molar-refractivity contribution in [2.45, 2.75) is 58.6 Å². The fraction of sp³-hybridized carbons (Fsp3) is 0.462. The van der Waals surface area contributed by atoms with E-state index in [-0.39, 0.29) is 23.8 Å². The van der Waals surface area contributed by atoms with Gasteiger partial charge in [0.05, 0.1) is 6.04 Å². The number of fused-ring (bicyclic) bond motifs is 1. The van der Waals surface area contributed by atoms with Crippen molar-refractivity contribution < 1.29 is 14.3 Å². The fourth-order valence-corrected chi connectivity index (χ4v) is 4.32. The summed E-state index contributed by atoms with van der Waals surface area (Å²) in [6, 6.07) is 14.3. The third-order valence-corrected chi connectivity index (χ3v) is 6.14. The van der Waals surface area contributed by atoms with E-state index in [0.717, 1.165) is 43.4 Å². The molecule has 1 N–H and O–H groups in total. The first kappa shape index (κ1) is 21.4. The Bertz CT molecular complexity index is 967. The second-order valence-electron chi connectivity index (χ2n) is 8.78. The number of benzene rings is 2. The molecule has 1 saturated carbocycles. The first-order chi connectivity index (χ1) is 15.0. The second-order valence-corrected chi connectivity index (χ2v) is 8.78. The molecule has 164 valence electrons. The molecule has 5 heteroatoms. The highest BCUT2D eigenvalue weighted by Gasteiger charge is 2.39. The lowest BCUT2D eigenvalue weighted by Crippen LogP contribution is -2.41. The minimum absolute atomic E-state index is 0.111. The molecule has 1 aliphatic heterocycles. The van der Waals surface area contributed by atoms with Crippen LogP contribution in [0.3, 0.4) is 0 Å². The normalized spacial score (nSPS) is 18.8. The Balaban J connectivity index is 1.66. The van der Waals surface area contributed by atoms with Crippen molar-refractivity contribution in [2.75, 3.05) is 13.1 Å². The maximum absolute atomic E-state index is 13.1. The molecule has 1 aliphatic carbocycles. The lowest BCUT2D eigenvalue weighted by atomic mass is 9.87. The van der Waals surface area contributed by atoms with Crippen molar-refractivity contribution >= 4 is 11.8 Å². The summed E-state index contributed by atoms with van der Waals surface area (Å²) in [5.74, 6) is 0.989. The minimum Gasteiger partial charge on any atom is -0.481 e. The van der Waals surface area contributed by atoms with Gasteiger partial charge in [0.2, 0.25) is 5.91 Å². The number of nitrogens with zero attached hydrogens (tertiary/aromatic N) is 1. The van der Waals surface area contributed by atoms with Crippen LogP contribution in [0.2, 0.25) is 0 Å². The zero-order valence-electron chi connectivity index (χ0n) is 18.7. The largest absolute Gasteiger partial charge is 0.481 e. The Morgan fingerprint density at radius 2 is 2.00 bits per heavy atom. The molecule has 0 bridgehead atoms. The van der Waals surface area contributed by atoms with E-state index in [1.807, 2.05) is 19.1 Å². The Labute approximate surface area is 184 Å². The summed E-state index contributed by atoms with van der Waals surface area (Å²) >= 11 is 0. The van der Waals surface area contributed by atoms with Crippen molar-refractivity contribution in [3.8, 4) is 5.75 Å². The van der Waals surface area contributed by atoms with Crippen molar-refractivity contribution in [2.24, 2.45) is 5.92 Å². The predicted molar refractivity (Wildman–Crippen MR) is 121 cm³/mol. The van der Waals surface area contributed by atoms with Gasteiger partial charge < -0.3 is 15.0 Å². The number of aryl methyl sites for hydroxylation is 1. The summed E-state index contributed by atoms with van der Waals surface area (Å²) in [6.07, 6.45) is 3.14. The van der Waals surface area contributed by atoms with Gasteiger partial charge in [0.25, 0.3) is 5.91 Å². The molecule has 2 aromatic carbocycles. The third-order valence-electron chi connectivity index (χ3n) is 6.14. The van der Waals surface area contributed by atoms with Gasteiger partial charge in [-0.05, 0) is 68.4 Å². The monoisotopic (exact) mass is 420 g/mol. The van der Waals surface area contributed by atoms with Crippen molar-refractivity contribution in [1.82, 2.24) is 10.2 Å². The van der Waals surface area contributed by atoms with Crippen molar-refractivity contribution in [1.29, 1.82) is 0 Å². The van der Waals surface area contributed by atoms with E-state index >= 15 is 0 Å². The number of nitrogens with one attached hydrogen (secondary N) is 1. The van der Waals surface area contributed by atoms with Crippen LogP contribution < -0.4 is 10.1 Å². The van der Waals surface area contributed by atoms with E-state index in [0.29, 0.717) is 12.3 Å². The molecule has 0 saturated heterocycles. The molecule has 31 heavy (non-hydrogen) atoms. The van der Waals surface area contributed by atoms with Crippen molar-refractivity contribution in [3.05, 3.63) is 64.7 Å². The Hall–Kier alpha value is -2.82. The molecule has 2 aromatic rings. The van der Waals surface area contributed by atoms with E-state index in [4.69, 9.17) is 4.74 Å². The Morgan fingerprint density at radius 3 is 2.71 bits per heavy atom. The highest BCUT2D eigenvalue weighted by atomic mass is 16.5. The third kappa shape index (κ3) is 4.76. The van der Waals surface area contributed by atoms with E-state index in [2.05, 4.69) is 47.5 Å². The first-order valence-electron chi connectivity index (χ1n) is 11.4. The van der Waals surface area contributed by atoms with Crippen LogP contribution in [0.25, 0.3) is 0 Å². The van der Waals surface area contributed by atoms with Gasteiger partial charge in [-0.15, -0.1) is 0 Å². The molecule has 0 spiro atoms. The van der Waals surface area contributed by atoms with Gasteiger partial charge in [-0.2, -0.15) is 0 Å². The summed E-state index contributed by atoms with van der Waals surface area (Å²) in [5, 5.41) is 2.88. The van der Waals surface area contributed by atoms with E-state index in [1.165, 1.54) is 11.1 Å². The summed E-state index contributed by atoms with van der Waals surface area (Å²) in [6.45, 7) is 7.25. The standard InChI is InChI=1S/C26H32N2O3/c1-4-13-27-25(29)18(3)31-22-11-10-19-12-14-28(26(30)20-8-9-20)24(23(19)16-22)21-7-5-6-17(2)15-21/h5-7,10-11,15-16,18,20,24H,4,8-9,12-14H2,1-3H3,(H,27,29)/t18-,24+/m1/s1. The predicted octanol–water partition coefficient (Wildman–Crippen LogP) is 4.17. The second kappa shape index (κ2) is 9.13. The lowest BCUT2D eigenvalue weighted by Gasteiger charge is -2.38. The molecule has 0 aromatic heterocycles. The molecule has 2 aliphatic rings. The highest BCUT2D eigenvalue weighted by Crippen LogP contribution is 2.41. The molecular formula is C26H32N2O3. The van der Waals surface area contributed by atoms with Crippen LogP contribution in [0.5, 0.6) is 5.75 Å². The smallest absolute Gasteiger partial charge is 0.260 e. The zero-order chi connectivity index (χ0) is 22.0. The van der Waals surface area contributed by atoms with Gasteiger partial charge in [0.15, 0.2) is 6.10 Å². The molecule has 2 atom stereocenters. The van der Waals surface area contributed by atoms with Crippen LogP contribution >= 0.6 is 0 Å². The zero-order valence-corrected chi connectivity index (χ0v) is 18.7. The summed E-state index contributed by atoms with van der Waals surface area (Å²) in [5.41, 5.74) is 4.64. The lowest BCUT2D eigenvalue weighted by molar-refractivity contribution is -0.134. The number of hydrogen-bond acceptors (Lipinski definition) is 3. The van der Waals surface area contributed by atoms with Crippen LogP contribution in [-0.2, 0) is 16.0 Å². The molecule has 5 nitrogen and oxygen atoms in total. The topological polar surface area (TPSA) is 58.6 Å². The highest BCUT2D eigenvalue weighted by molar-refractivity contribution is 5.82. The van der Waals surface area contributed by atoms with Crippen LogP contribution in [0.1, 0.15) is 61.4 Å². The van der Waals surface area contributed by atoms with Gasteiger partial charge in [0, 0.05) is 19.0 Å². The molecular weight excluding hydrogens is 388 g/mol. The van der Waals surface area contributed by atoms with Gasteiger partial charge >= 0.3 is 0 Å². The van der Waals surface area contributed by atoms with E-state index in [1.54, 1.807) is 6.92 Å². The average Bonchev–Trinajstić information content (AvgIpc) is 3.61. The van der Waals surface area contributed by atoms with Gasteiger partial charge in [0.1, 0.15) is 5.75 Å². The number of ether oxygens (including phenoxy) is 1. The molecule has 0 unspecified atom stereocenters. The van der Waals surface area contributed by atoms with E-state index < -0.39 is 6.10 Å². The number of amides is 2. The van der Waals surface area contributed by atoms with Crippen LogP contribution in [0, 0.1) is 12.8 Å². The average molecular weight is 421 g/mol. The summed E-state index contributed by atoms with van der Waals surface area (Å²) < 4.78 is 5.99. The van der Waals surface area contributed by atoms with Crippen molar-refractivity contribution in [3.63, 3.8) is 0 Å². The van der Waals surface area contributed by atoms with Gasteiger partial charge in [-0.25, -0.2) is 0 Å². The number of carbonyl (C=O) groups excluding carboxylic acids is 2. The summed E-state index contributed by atoms with van der Waals surface area (Å²) in [4.78, 5) is 27.4.